The first-order valence-electron chi connectivity index (χ1n) is 15.3. The molecule has 0 saturated carbocycles. The van der Waals surface area contributed by atoms with E-state index in [0.29, 0.717) is 13.2 Å². The first kappa shape index (κ1) is 31.1. The smallest absolute Gasteiger partial charge is 0.143 e. The lowest BCUT2D eigenvalue weighted by Crippen LogP contribution is -2.37. The van der Waals surface area contributed by atoms with Crippen molar-refractivity contribution in [1.29, 1.82) is 0 Å². The molecule has 3 aromatic carbocycles. The van der Waals surface area contributed by atoms with E-state index in [1.807, 2.05) is 54.6 Å². The first-order chi connectivity index (χ1) is 19.3. The Morgan fingerprint density at radius 3 is 1.33 bits per heavy atom. The Kier molecular flexibility index (Phi) is 14.9. The minimum atomic E-state index is -0.795. The van der Waals surface area contributed by atoms with Crippen molar-refractivity contribution in [3.8, 4) is 0 Å². The van der Waals surface area contributed by atoms with E-state index in [9.17, 15) is 5.11 Å². The molecule has 0 aliphatic rings. The molecule has 1 atom stereocenters. The van der Waals surface area contributed by atoms with Crippen LogP contribution in [0.25, 0.3) is 0 Å². The van der Waals surface area contributed by atoms with Gasteiger partial charge in [0.15, 0.2) is 0 Å². The molecule has 3 rings (SSSR count). The zero-order chi connectivity index (χ0) is 27.4. The SMILES string of the molecule is CCCCCCCCCCCCCCOC(CO)COC(c1ccccc1)(c1ccccc1)c1ccccc1. The molecule has 212 valence electrons. The van der Waals surface area contributed by atoms with Crippen molar-refractivity contribution in [2.45, 2.75) is 95.7 Å². The zero-order valence-corrected chi connectivity index (χ0v) is 24.1. The molecular formula is C36H50O3. The highest BCUT2D eigenvalue weighted by molar-refractivity contribution is 5.47. The van der Waals surface area contributed by atoms with Gasteiger partial charge in [-0.15, -0.1) is 0 Å². The highest BCUT2D eigenvalue weighted by Crippen LogP contribution is 2.40. The van der Waals surface area contributed by atoms with E-state index in [1.54, 1.807) is 0 Å². The minimum Gasteiger partial charge on any atom is -0.394 e. The topological polar surface area (TPSA) is 38.7 Å². The predicted molar refractivity (Wildman–Crippen MR) is 163 cm³/mol. The third-order valence-corrected chi connectivity index (χ3v) is 7.58. The molecule has 0 aliphatic carbocycles. The molecule has 0 aliphatic heterocycles. The summed E-state index contributed by atoms with van der Waals surface area (Å²) in [6.07, 6.45) is 15.5. The fourth-order valence-corrected chi connectivity index (χ4v) is 5.33. The Morgan fingerprint density at radius 1 is 0.564 bits per heavy atom. The maximum absolute atomic E-state index is 10.1. The second kappa shape index (κ2) is 18.8. The monoisotopic (exact) mass is 530 g/mol. The Labute approximate surface area is 237 Å². The van der Waals surface area contributed by atoms with Crippen molar-refractivity contribution < 1.29 is 14.6 Å². The summed E-state index contributed by atoms with van der Waals surface area (Å²) in [6, 6.07) is 31.0. The Balaban J connectivity index is 1.50. The van der Waals surface area contributed by atoms with Gasteiger partial charge in [0, 0.05) is 6.61 Å². The largest absolute Gasteiger partial charge is 0.394 e. The standard InChI is InChI=1S/C36H50O3/c1-2-3-4-5-6-7-8-9-10-11-12-22-29-38-35(30-37)31-39-36(32-23-16-13-17-24-32,33-25-18-14-19-26-33)34-27-20-15-21-28-34/h13-21,23-28,35,37H,2-12,22,29-31H2,1H3. The van der Waals surface area contributed by atoms with Crippen molar-refractivity contribution >= 4 is 0 Å². The predicted octanol–water partition coefficient (Wildman–Crippen LogP) is 9.07. The quantitative estimate of drug-likeness (QED) is 0.110. The van der Waals surface area contributed by atoms with E-state index < -0.39 is 5.60 Å². The molecule has 0 fully saturated rings. The first-order valence-corrected chi connectivity index (χ1v) is 15.3. The highest BCUT2D eigenvalue weighted by Gasteiger charge is 2.38. The van der Waals surface area contributed by atoms with Crippen LogP contribution in [-0.4, -0.2) is 31.0 Å². The summed E-state index contributed by atoms with van der Waals surface area (Å²) >= 11 is 0. The average molecular weight is 531 g/mol. The van der Waals surface area contributed by atoms with Gasteiger partial charge in [-0.2, -0.15) is 0 Å². The fourth-order valence-electron chi connectivity index (χ4n) is 5.33. The van der Waals surface area contributed by atoms with Crippen LogP contribution < -0.4 is 0 Å². The number of hydrogen-bond acceptors (Lipinski definition) is 3. The summed E-state index contributed by atoms with van der Waals surface area (Å²) in [5.74, 6) is 0. The van der Waals surface area contributed by atoms with Gasteiger partial charge >= 0.3 is 0 Å². The van der Waals surface area contributed by atoms with E-state index >= 15 is 0 Å². The van der Waals surface area contributed by atoms with Crippen molar-refractivity contribution in [3.05, 3.63) is 108 Å². The average Bonchev–Trinajstić information content (AvgIpc) is 3.00. The van der Waals surface area contributed by atoms with Gasteiger partial charge in [0.05, 0.1) is 13.2 Å². The molecule has 0 heterocycles. The van der Waals surface area contributed by atoms with Crippen LogP contribution in [0.15, 0.2) is 91.0 Å². The molecular weight excluding hydrogens is 480 g/mol. The van der Waals surface area contributed by atoms with Crippen molar-refractivity contribution in [2.24, 2.45) is 0 Å². The third-order valence-electron chi connectivity index (χ3n) is 7.58. The zero-order valence-electron chi connectivity index (χ0n) is 24.1. The molecule has 0 amide bonds. The van der Waals surface area contributed by atoms with Crippen LogP contribution in [0.1, 0.15) is 101 Å². The number of benzene rings is 3. The Hall–Kier alpha value is -2.46. The molecule has 0 aromatic heterocycles. The van der Waals surface area contributed by atoms with Crippen LogP contribution >= 0.6 is 0 Å². The molecule has 0 bridgehead atoms. The number of unbranched alkanes of at least 4 members (excludes halogenated alkanes) is 11. The van der Waals surface area contributed by atoms with Gasteiger partial charge < -0.3 is 14.6 Å². The van der Waals surface area contributed by atoms with Gasteiger partial charge in [0.2, 0.25) is 0 Å². The van der Waals surface area contributed by atoms with Crippen LogP contribution in [0.5, 0.6) is 0 Å². The van der Waals surface area contributed by atoms with Gasteiger partial charge in [-0.1, -0.05) is 169 Å². The van der Waals surface area contributed by atoms with Crippen LogP contribution in [0.3, 0.4) is 0 Å². The number of aliphatic hydroxyl groups is 1. The molecule has 3 nitrogen and oxygen atoms in total. The fraction of sp³-hybridized carbons (Fsp3) is 0.500. The minimum absolute atomic E-state index is 0.0628. The van der Waals surface area contributed by atoms with E-state index in [4.69, 9.17) is 9.47 Å². The molecule has 0 radical (unpaired) electrons. The van der Waals surface area contributed by atoms with Gasteiger partial charge in [0.25, 0.3) is 0 Å². The van der Waals surface area contributed by atoms with Gasteiger partial charge in [-0.25, -0.2) is 0 Å². The van der Waals surface area contributed by atoms with Gasteiger partial charge in [-0.05, 0) is 23.1 Å². The van der Waals surface area contributed by atoms with E-state index in [-0.39, 0.29) is 12.7 Å². The lowest BCUT2D eigenvalue weighted by atomic mass is 9.80. The molecule has 1 N–H and O–H groups in total. The Bertz CT molecular complexity index is 877. The number of aliphatic hydroxyl groups excluding tert-OH is 1. The van der Waals surface area contributed by atoms with Crippen LogP contribution in [0, 0.1) is 0 Å². The van der Waals surface area contributed by atoms with Crippen LogP contribution in [0.4, 0.5) is 0 Å². The van der Waals surface area contributed by atoms with E-state index in [2.05, 4.69) is 43.3 Å². The molecule has 0 saturated heterocycles. The second-order valence-corrected chi connectivity index (χ2v) is 10.7. The molecule has 1 unspecified atom stereocenters. The maximum Gasteiger partial charge on any atom is 0.143 e. The van der Waals surface area contributed by atoms with Gasteiger partial charge in [0.1, 0.15) is 11.7 Å². The van der Waals surface area contributed by atoms with Crippen molar-refractivity contribution in [2.75, 3.05) is 19.8 Å². The summed E-state index contributed by atoms with van der Waals surface area (Å²) in [5.41, 5.74) is 2.37. The summed E-state index contributed by atoms with van der Waals surface area (Å²) in [6.45, 7) is 3.17. The summed E-state index contributed by atoms with van der Waals surface area (Å²) in [7, 11) is 0. The number of rotatable bonds is 21. The maximum atomic E-state index is 10.1. The van der Waals surface area contributed by atoms with Crippen LogP contribution in [-0.2, 0) is 15.1 Å². The van der Waals surface area contributed by atoms with Crippen molar-refractivity contribution in [1.82, 2.24) is 0 Å². The van der Waals surface area contributed by atoms with Crippen molar-refractivity contribution in [3.63, 3.8) is 0 Å². The molecule has 3 heteroatoms. The molecule has 0 spiro atoms. The molecule has 3 aromatic rings. The lowest BCUT2D eigenvalue weighted by molar-refractivity contribution is -0.0813. The van der Waals surface area contributed by atoms with Crippen LogP contribution in [0.2, 0.25) is 0 Å². The second-order valence-electron chi connectivity index (χ2n) is 10.7. The number of ether oxygens (including phenoxy) is 2. The summed E-state index contributed by atoms with van der Waals surface area (Å²) < 4.78 is 12.9. The summed E-state index contributed by atoms with van der Waals surface area (Å²) in [5, 5.41) is 10.1. The van der Waals surface area contributed by atoms with E-state index in [0.717, 1.165) is 23.1 Å². The lowest BCUT2D eigenvalue weighted by Gasteiger charge is -2.37. The third kappa shape index (κ3) is 10.2. The summed E-state index contributed by atoms with van der Waals surface area (Å²) in [4.78, 5) is 0. The number of hydrogen-bond donors (Lipinski definition) is 1. The van der Waals surface area contributed by atoms with E-state index in [1.165, 1.54) is 70.6 Å². The highest BCUT2D eigenvalue weighted by atomic mass is 16.5. The molecule has 39 heavy (non-hydrogen) atoms. The Morgan fingerprint density at radius 2 is 0.949 bits per heavy atom. The normalized spacial score (nSPS) is 12.5. The van der Waals surface area contributed by atoms with Gasteiger partial charge in [-0.3, -0.25) is 0 Å².